The fraction of sp³-hybridized carbons (Fsp3) is 0.231. The summed E-state index contributed by atoms with van der Waals surface area (Å²) >= 11 is 0. The van der Waals surface area contributed by atoms with Gasteiger partial charge in [-0.15, -0.1) is 0 Å². The van der Waals surface area contributed by atoms with E-state index in [-0.39, 0.29) is 22.8 Å². The molecule has 0 amide bonds. The van der Waals surface area contributed by atoms with Gasteiger partial charge in [-0.2, -0.15) is 4.31 Å². The Kier molecular flexibility index (Phi) is 5.60. The molecule has 7 heteroatoms. The number of benzene rings is 3. The Morgan fingerprint density at radius 2 is 1.48 bits per heavy atom. The van der Waals surface area contributed by atoms with Gasteiger partial charge in [0.25, 0.3) is 0 Å². The van der Waals surface area contributed by atoms with Crippen LogP contribution in [0, 0.1) is 0 Å². The largest absolute Gasteiger partial charge is 0.454 e. The number of ketones is 1. The van der Waals surface area contributed by atoms with Gasteiger partial charge in [-0.1, -0.05) is 36.4 Å². The second-order valence-electron chi connectivity index (χ2n) is 8.34. The van der Waals surface area contributed by atoms with Crippen molar-refractivity contribution in [2.45, 2.75) is 24.2 Å². The molecule has 168 valence electrons. The van der Waals surface area contributed by atoms with Gasteiger partial charge in [0.1, 0.15) is 0 Å². The first-order chi connectivity index (χ1) is 15.9. The second-order valence-corrected chi connectivity index (χ2v) is 10.3. The van der Waals surface area contributed by atoms with E-state index in [1.165, 1.54) is 39.7 Å². The van der Waals surface area contributed by atoms with Gasteiger partial charge < -0.3 is 4.74 Å². The van der Waals surface area contributed by atoms with Gasteiger partial charge in [-0.3, -0.25) is 4.79 Å². The molecule has 0 bridgehead atoms. The third kappa shape index (κ3) is 4.10. The lowest BCUT2D eigenvalue weighted by Gasteiger charge is -2.15. The number of esters is 1. The van der Waals surface area contributed by atoms with Crippen LogP contribution in [0.4, 0.5) is 0 Å². The number of nitrogens with zero attached hydrogens (tertiary/aromatic N) is 1. The number of rotatable bonds is 6. The van der Waals surface area contributed by atoms with E-state index in [9.17, 15) is 18.0 Å². The molecule has 3 aromatic rings. The summed E-state index contributed by atoms with van der Waals surface area (Å²) in [5.41, 5.74) is 5.27. The molecule has 6 nitrogen and oxygen atoms in total. The average Bonchev–Trinajstić information content (AvgIpc) is 3.51. The maximum Gasteiger partial charge on any atom is 0.338 e. The van der Waals surface area contributed by atoms with Crippen LogP contribution in [0.25, 0.3) is 11.1 Å². The monoisotopic (exact) mass is 461 g/mol. The van der Waals surface area contributed by atoms with Crippen LogP contribution in [-0.4, -0.2) is 44.2 Å². The number of carbonyl (C=O) groups excluding carboxylic acids is 2. The SMILES string of the molecule is O=C(COC(=O)c1ccc(S(=O)(=O)N2CCCC2)cc1)c1ccc2c(c1)-c1ccccc1C2. The molecule has 0 aromatic heterocycles. The van der Waals surface area contributed by atoms with E-state index in [0.29, 0.717) is 18.7 Å². The second kappa shape index (κ2) is 8.57. The summed E-state index contributed by atoms with van der Waals surface area (Å²) in [5.74, 6) is -0.955. The molecule has 0 radical (unpaired) electrons. The third-order valence-electron chi connectivity index (χ3n) is 6.25. The quantitative estimate of drug-likeness (QED) is 0.319. The number of sulfonamides is 1. The van der Waals surface area contributed by atoms with Gasteiger partial charge in [0, 0.05) is 18.7 Å². The summed E-state index contributed by atoms with van der Waals surface area (Å²) < 4.78 is 31.9. The summed E-state index contributed by atoms with van der Waals surface area (Å²) in [4.78, 5) is 25.2. The number of hydrogen-bond acceptors (Lipinski definition) is 5. The third-order valence-corrected chi connectivity index (χ3v) is 8.16. The Morgan fingerprint density at radius 1 is 0.818 bits per heavy atom. The summed E-state index contributed by atoms with van der Waals surface area (Å²) in [6.45, 7) is 0.651. The lowest BCUT2D eigenvalue weighted by Crippen LogP contribution is -2.27. The molecule has 3 aromatic carbocycles. The standard InChI is InChI=1S/C26H23NO5S/c28-25(21-8-7-20-15-19-5-1-2-6-23(19)24(20)16-21)17-32-26(29)18-9-11-22(12-10-18)33(30,31)27-13-3-4-14-27/h1-2,5-12,16H,3-4,13-15,17H2. The van der Waals surface area contributed by atoms with Gasteiger partial charge in [0.15, 0.2) is 12.4 Å². The molecule has 2 aliphatic rings. The predicted molar refractivity (Wildman–Crippen MR) is 124 cm³/mol. The summed E-state index contributed by atoms with van der Waals surface area (Å²) in [6, 6.07) is 19.3. The molecule has 0 saturated carbocycles. The van der Waals surface area contributed by atoms with E-state index in [2.05, 4.69) is 6.07 Å². The predicted octanol–water partition coefficient (Wildman–Crippen LogP) is 4.08. The van der Waals surface area contributed by atoms with Crippen molar-refractivity contribution in [1.29, 1.82) is 0 Å². The van der Waals surface area contributed by atoms with Crippen LogP contribution < -0.4 is 0 Å². The van der Waals surface area contributed by atoms with E-state index < -0.39 is 16.0 Å². The van der Waals surface area contributed by atoms with Crippen molar-refractivity contribution in [3.8, 4) is 11.1 Å². The zero-order valence-corrected chi connectivity index (χ0v) is 18.8. The fourth-order valence-electron chi connectivity index (χ4n) is 4.44. The first-order valence-electron chi connectivity index (χ1n) is 11.0. The molecule has 1 saturated heterocycles. The van der Waals surface area contributed by atoms with Gasteiger partial charge in [0.2, 0.25) is 10.0 Å². The van der Waals surface area contributed by atoms with Crippen molar-refractivity contribution in [3.63, 3.8) is 0 Å². The number of carbonyl (C=O) groups is 2. The molecule has 1 aliphatic carbocycles. The summed E-state index contributed by atoms with van der Waals surface area (Å²) in [5, 5.41) is 0. The minimum atomic E-state index is -3.54. The van der Waals surface area contributed by atoms with Gasteiger partial charge >= 0.3 is 5.97 Å². The normalized spacial score (nSPS) is 15.2. The summed E-state index contributed by atoms with van der Waals surface area (Å²) in [7, 11) is -3.54. The fourth-order valence-corrected chi connectivity index (χ4v) is 5.95. The Morgan fingerprint density at radius 3 is 2.24 bits per heavy atom. The topological polar surface area (TPSA) is 80.8 Å². The molecule has 1 heterocycles. The smallest absolute Gasteiger partial charge is 0.338 e. The highest BCUT2D eigenvalue weighted by Gasteiger charge is 2.27. The van der Waals surface area contributed by atoms with Crippen LogP contribution in [-0.2, 0) is 21.2 Å². The average molecular weight is 462 g/mol. The minimum absolute atomic E-state index is 0.149. The van der Waals surface area contributed by atoms with Crippen molar-refractivity contribution in [2.75, 3.05) is 19.7 Å². The zero-order valence-electron chi connectivity index (χ0n) is 18.0. The van der Waals surface area contributed by atoms with Crippen LogP contribution in [0.1, 0.15) is 44.7 Å². The van der Waals surface area contributed by atoms with Crippen LogP contribution in [0.15, 0.2) is 71.6 Å². The van der Waals surface area contributed by atoms with E-state index >= 15 is 0 Å². The van der Waals surface area contributed by atoms with Crippen molar-refractivity contribution in [2.24, 2.45) is 0 Å². The Hall–Kier alpha value is -3.29. The highest BCUT2D eigenvalue weighted by molar-refractivity contribution is 7.89. The molecule has 1 fully saturated rings. The molecular formula is C26H23NO5S. The van der Waals surface area contributed by atoms with Crippen molar-refractivity contribution >= 4 is 21.8 Å². The van der Waals surface area contributed by atoms with Crippen molar-refractivity contribution in [3.05, 3.63) is 89.0 Å². The number of Topliss-reactive ketones (excluding diaryl/α,β-unsaturated/α-hetero) is 1. The first-order valence-corrected chi connectivity index (χ1v) is 12.4. The maximum absolute atomic E-state index is 12.7. The van der Waals surface area contributed by atoms with E-state index in [0.717, 1.165) is 30.4 Å². The lowest BCUT2D eigenvalue weighted by atomic mass is 10.0. The number of ether oxygens (including phenoxy) is 1. The van der Waals surface area contributed by atoms with Gasteiger partial charge in [0.05, 0.1) is 10.5 Å². The lowest BCUT2D eigenvalue weighted by molar-refractivity contribution is 0.0474. The minimum Gasteiger partial charge on any atom is -0.454 e. The maximum atomic E-state index is 12.7. The van der Waals surface area contributed by atoms with Crippen LogP contribution in [0.5, 0.6) is 0 Å². The Balaban J connectivity index is 1.24. The molecular weight excluding hydrogens is 438 g/mol. The molecule has 0 spiro atoms. The number of hydrogen-bond donors (Lipinski definition) is 0. The molecule has 0 unspecified atom stereocenters. The van der Waals surface area contributed by atoms with E-state index in [4.69, 9.17) is 4.74 Å². The zero-order chi connectivity index (χ0) is 23.0. The van der Waals surface area contributed by atoms with Gasteiger partial charge in [-0.25, -0.2) is 13.2 Å². The molecule has 0 N–H and O–H groups in total. The first kappa shape index (κ1) is 21.6. The highest BCUT2D eigenvalue weighted by Crippen LogP contribution is 2.36. The van der Waals surface area contributed by atoms with Crippen molar-refractivity contribution in [1.82, 2.24) is 4.31 Å². The highest BCUT2D eigenvalue weighted by atomic mass is 32.2. The van der Waals surface area contributed by atoms with Crippen molar-refractivity contribution < 1.29 is 22.7 Å². The van der Waals surface area contributed by atoms with Crippen LogP contribution in [0.2, 0.25) is 0 Å². The number of fused-ring (bicyclic) bond motifs is 3. The van der Waals surface area contributed by atoms with E-state index in [1.807, 2.05) is 30.3 Å². The van der Waals surface area contributed by atoms with Crippen LogP contribution in [0.3, 0.4) is 0 Å². The van der Waals surface area contributed by atoms with Crippen LogP contribution >= 0.6 is 0 Å². The Bertz CT molecular complexity index is 1340. The molecule has 1 aliphatic heterocycles. The summed E-state index contributed by atoms with van der Waals surface area (Å²) in [6.07, 6.45) is 2.56. The van der Waals surface area contributed by atoms with Gasteiger partial charge in [-0.05, 0) is 71.8 Å². The molecule has 0 atom stereocenters. The van der Waals surface area contributed by atoms with E-state index in [1.54, 1.807) is 6.07 Å². The molecule has 5 rings (SSSR count). The Labute approximate surface area is 192 Å². The molecule has 33 heavy (non-hydrogen) atoms.